The lowest BCUT2D eigenvalue weighted by atomic mass is 10.2. The molecular weight excluding hydrogens is 362 g/mol. The van der Waals surface area contributed by atoms with Crippen LogP contribution < -0.4 is 5.43 Å². The molecule has 9 heteroatoms. The SMILES string of the molecule is Fc1cccc(F)c1/C=N/Nc1c(Cl)cc(C(F)(F)F)cc1Cl. The maximum atomic E-state index is 13.4. The smallest absolute Gasteiger partial charge is 0.275 e. The van der Waals surface area contributed by atoms with Gasteiger partial charge in [-0.2, -0.15) is 18.3 Å². The summed E-state index contributed by atoms with van der Waals surface area (Å²) in [4.78, 5) is 0. The van der Waals surface area contributed by atoms with Crippen LogP contribution in [-0.4, -0.2) is 6.21 Å². The van der Waals surface area contributed by atoms with E-state index in [9.17, 15) is 22.0 Å². The van der Waals surface area contributed by atoms with Gasteiger partial charge < -0.3 is 0 Å². The second-order valence-corrected chi connectivity index (χ2v) is 5.13. The van der Waals surface area contributed by atoms with E-state index in [0.717, 1.165) is 18.3 Å². The van der Waals surface area contributed by atoms with Crippen molar-refractivity contribution < 1.29 is 22.0 Å². The van der Waals surface area contributed by atoms with Crippen LogP contribution in [0.25, 0.3) is 0 Å². The van der Waals surface area contributed by atoms with Gasteiger partial charge in [0.1, 0.15) is 11.6 Å². The third-order valence-electron chi connectivity index (χ3n) is 2.74. The molecule has 0 aliphatic carbocycles. The Morgan fingerprint density at radius 1 is 1.00 bits per heavy atom. The first-order chi connectivity index (χ1) is 10.7. The summed E-state index contributed by atoms with van der Waals surface area (Å²) in [6.45, 7) is 0. The summed E-state index contributed by atoms with van der Waals surface area (Å²) < 4.78 is 64.5. The van der Waals surface area contributed by atoms with E-state index in [1.54, 1.807) is 0 Å². The minimum Gasteiger partial charge on any atom is -0.275 e. The van der Waals surface area contributed by atoms with Gasteiger partial charge in [-0.15, -0.1) is 0 Å². The largest absolute Gasteiger partial charge is 0.416 e. The Morgan fingerprint density at radius 3 is 2.00 bits per heavy atom. The number of alkyl halides is 3. The first-order valence-corrected chi connectivity index (χ1v) is 6.75. The molecule has 0 bridgehead atoms. The van der Waals surface area contributed by atoms with Crippen molar-refractivity contribution in [1.82, 2.24) is 0 Å². The molecule has 0 saturated heterocycles. The first kappa shape index (κ1) is 17.5. The molecule has 0 amide bonds. The lowest BCUT2D eigenvalue weighted by Gasteiger charge is -2.11. The van der Waals surface area contributed by atoms with Crippen LogP contribution in [0.1, 0.15) is 11.1 Å². The molecule has 2 aromatic carbocycles. The second-order valence-electron chi connectivity index (χ2n) is 4.32. The quantitative estimate of drug-likeness (QED) is 0.417. The van der Waals surface area contributed by atoms with Gasteiger partial charge in [0.25, 0.3) is 0 Å². The maximum Gasteiger partial charge on any atom is 0.416 e. The van der Waals surface area contributed by atoms with E-state index in [1.807, 2.05) is 0 Å². The van der Waals surface area contributed by atoms with Crippen molar-refractivity contribution in [3.8, 4) is 0 Å². The monoisotopic (exact) mass is 368 g/mol. The Morgan fingerprint density at radius 2 is 1.52 bits per heavy atom. The summed E-state index contributed by atoms with van der Waals surface area (Å²) >= 11 is 11.4. The van der Waals surface area contributed by atoms with Crippen molar-refractivity contribution in [2.45, 2.75) is 6.18 Å². The molecule has 1 N–H and O–H groups in total. The van der Waals surface area contributed by atoms with Crippen molar-refractivity contribution in [3.63, 3.8) is 0 Å². The number of benzene rings is 2. The number of nitrogens with zero attached hydrogens (tertiary/aromatic N) is 1. The van der Waals surface area contributed by atoms with Crippen molar-refractivity contribution in [3.05, 3.63) is 63.1 Å². The van der Waals surface area contributed by atoms with Gasteiger partial charge in [0.2, 0.25) is 0 Å². The average molecular weight is 369 g/mol. The number of halogens is 7. The molecule has 0 aromatic heterocycles. The fourth-order valence-corrected chi connectivity index (χ4v) is 2.21. The molecule has 0 unspecified atom stereocenters. The van der Waals surface area contributed by atoms with Crippen LogP contribution in [0, 0.1) is 11.6 Å². The number of rotatable bonds is 3. The summed E-state index contributed by atoms with van der Waals surface area (Å²) in [5.41, 5.74) is 0.708. The molecule has 0 saturated carbocycles. The summed E-state index contributed by atoms with van der Waals surface area (Å²) in [5, 5.41) is 2.87. The predicted octanol–water partition coefficient (Wildman–Crippen LogP) is 5.74. The van der Waals surface area contributed by atoms with Gasteiger partial charge >= 0.3 is 6.18 Å². The van der Waals surface area contributed by atoms with E-state index in [-0.39, 0.29) is 15.7 Å². The fraction of sp³-hybridized carbons (Fsp3) is 0.0714. The Balaban J connectivity index is 2.26. The summed E-state index contributed by atoms with van der Waals surface area (Å²) in [6.07, 6.45) is -3.78. The van der Waals surface area contributed by atoms with Gasteiger partial charge in [0.15, 0.2) is 0 Å². The van der Waals surface area contributed by atoms with Crippen LogP contribution in [-0.2, 0) is 6.18 Å². The van der Waals surface area contributed by atoms with Crippen LogP contribution in [0.4, 0.5) is 27.6 Å². The molecule has 2 rings (SSSR count). The Bertz CT molecular complexity index is 716. The molecule has 2 aromatic rings. The lowest BCUT2D eigenvalue weighted by molar-refractivity contribution is -0.137. The van der Waals surface area contributed by atoms with Crippen LogP contribution in [0.3, 0.4) is 0 Å². The molecule has 0 aliphatic rings. The number of hydrazone groups is 1. The van der Waals surface area contributed by atoms with Gasteiger partial charge in [-0.05, 0) is 24.3 Å². The molecule has 0 spiro atoms. The third-order valence-corrected chi connectivity index (χ3v) is 3.34. The predicted molar refractivity (Wildman–Crippen MR) is 79.0 cm³/mol. The Labute approximate surface area is 137 Å². The minimum atomic E-state index is -4.61. The first-order valence-electron chi connectivity index (χ1n) is 5.99. The topological polar surface area (TPSA) is 24.4 Å². The van der Waals surface area contributed by atoms with Gasteiger partial charge in [0, 0.05) is 0 Å². The molecule has 0 fully saturated rings. The van der Waals surface area contributed by atoms with Crippen LogP contribution in [0.5, 0.6) is 0 Å². The highest BCUT2D eigenvalue weighted by atomic mass is 35.5. The summed E-state index contributed by atoms with van der Waals surface area (Å²) in [7, 11) is 0. The molecule has 23 heavy (non-hydrogen) atoms. The van der Waals surface area contributed by atoms with Crippen LogP contribution in [0.2, 0.25) is 10.0 Å². The summed E-state index contributed by atoms with van der Waals surface area (Å²) in [6, 6.07) is 4.56. The van der Waals surface area contributed by atoms with E-state index >= 15 is 0 Å². The van der Waals surface area contributed by atoms with Crippen LogP contribution in [0.15, 0.2) is 35.4 Å². The highest BCUT2D eigenvalue weighted by molar-refractivity contribution is 6.39. The van der Waals surface area contributed by atoms with Gasteiger partial charge in [-0.3, -0.25) is 5.43 Å². The Kier molecular flexibility index (Phi) is 5.11. The van der Waals surface area contributed by atoms with Crippen molar-refractivity contribution in [2.24, 2.45) is 5.10 Å². The van der Waals surface area contributed by atoms with Crippen LogP contribution >= 0.6 is 23.2 Å². The molecule has 0 atom stereocenters. The zero-order chi connectivity index (χ0) is 17.2. The van der Waals surface area contributed by atoms with Gasteiger partial charge in [-0.1, -0.05) is 29.3 Å². The zero-order valence-electron chi connectivity index (χ0n) is 11.1. The van der Waals surface area contributed by atoms with E-state index in [0.29, 0.717) is 12.1 Å². The van der Waals surface area contributed by atoms with Gasteiger partial charge in [-0.25, -0.2) is 8.78 Å². The van der Waals surface area contributed by atoms with Crippen molar-refractivity contribution >= 4 is 35.1 Å². The van der Waals surface area contributed by atoms with E-state index in [4.69, 9.17) is 23.2 Å². The summed E-state index contributed by atoms with van der Waals surface area (Å²) in [5.74, 6) is -1.69. The molecular formula is C14H7Cl2F5N2. The molecule has 0 aliphatic heterocycles. The number of nitrogens with one attached hydrogen (secondary N) is 1. The molecule has 2 nitrogen and oxygen atoms in total. The highest BCUT2D eigenvalue weighted by Gasteiger charge is 2.32. The zero-order valence-corrected chi connectivity index (χ0v) is 12.6. The van der Waals surface area contributed by atoms with E-state index < -0.39 is 28.9 Å². The number of anilines is 1. The molecule has 0 radical (unpaired) electrons. The standard InChI is InChI=1S/C14H7Cl2F5N2/c15-9-4-7(14(19,20)21)5-10(16)13(9)23-22-6-8-11(17)2-1-3-12(8)18/h1-6,23H/b22-6+. The highest BCUT2D eigenvalue weighted by Crippen LogP contribution is 2.38. The number of hydrogen-bond donors (Lipinski definition) is 1. The minimum absolute atomic E-state index is 0.116. The van der Waals surface area contributed by atoms with E-state index in [1.165, 1.54) is 6.07 Å². The van der Waals surface area contributed by atoms with Gasteiger partial charge in [0.05, 0.1) is 33.1 Å². The normalized spacial score (nSPS) is 12.0. The number of hydrogen-bond acceptors (Lipinski definition) is 2. The fourth-order valence-electron chi connectivity index (χ4n) is 1.64. The van der Waals surface area contributed by atoms with Crippen molar-refractivity contribution in [2.75, 3.05) is 5.43 Å². The molecule has 0 heterocycles. The Hall–Kier alpha value is -1.86. The van der Waals surface area contributed by atoms with Crippen molar-refractivity contribution in [1.29, 1.82) is 0 Å². The second kappa shape index (κ2) is 6.72. The van der Waals surface area contributed by atoms with E-state index in [2.05, 4.69) is 10.5 Å². The maximum absolute atomic E-state index is 13.4. The average Bonchev–Trinajstić information content (AvgIpc) is 2.43. The third kappa shape index (κ3) is 4.11. The molecule has 122 valence electrons. The lowest BCUT2D eigenvalue weighted by Crippen LogP contribution is -2.05.